The minimum Gasteiger partial charge on any atom is -0.481 e. The standard InChI is InChI=1S/C9H13NO3S/c1-2-3-4-5-10-8(11)6-14-7-9(12)13/h4-7H2,1H3,(H,10,11)(H,12,13). The number of amides is 1. The number of carboxylic acid groups (broad SMARTS) is 1. The molecule has 4 nitrogen and oxygen atoms in total. The molecule has 0 radical (unpaired) electrons. The third-order valence-electron chi connectivity index (χ3n) is 1.21. The van der Waals surface area contributed by atoms with E-state index in [4.69, 9.17) is 5.11 Å². The number of hydrogen-bond acceptors (Lipinski definition) is 3. The Morgan fingerprint density at radius 1 is 1.43 bits per heavy atom. The monoisotopic (exact) mass is 215 g/mol. The first-order valence-electron chi connectivity index (χ1n) is 4.12. The summed E-state index contributed by atoms with van der Waals surface area (Å²) in [5.41, 5.74) is 0. The summed E-state index contributed by atoms with van der Waals surface area (Å²) in [7, 11) is 0. The highest BCUT2D eigenvalue weighted by Gasteiger charge is 2.02. The van der Waals surface area contributed by atoms with Crippen LogP contribution in [0.1, 0.15) is 13.3 Å². The summed E-state index contributed by atoms with van der Waals surface area (Å²) in [5, 5.41) is 10.9. The fraction of sp³-hybridized carbons (Fsp3) is 0.556. The summed E-state index contributed by atoms with van der Waals surface area (Å²) in [6.07, 6.45) is 0.631. The second-order valence-corrected chi connectivity index (χ2v) is 3.40. The molecule has 14 heavy (non-hydrogen) atoms. The maximum absolute atomic E-state index is 11.0. The third-order valence-corrected chi connectivity index (χ3v) is 2.13. The summed E-state index contributed by atoms with van der Waals surface area (Å²) in [4.78, 5) is 21.1. The molecule has 0 bridgehead atoms. The van der Waals surface area contributed by atoms with Crippen molar-refractivity contribution in [2.24, 2.45) is 0 Å². The lowest BCUT2D eigenvalue weighted by Gasteiger charge is -2.00. The molecule has 2 N–H and O–H groups in total. The van der Waals surface area contributed by atoms with E-state index in [2.05, 4.69) is 17.2 Å². The average molecular weight is 215 g/mol. The van der Waals surface area contributed by atoms with Crippen molar-refractivity contribution in [3.8, 4) is 11.8 Å². The Morgan fingerprint density at radius 2 is 2.14 bits per heavy atom. The molecule has 0 unspecified atom stereocenters. The maximum Gasteiger partial charge on any atom is 0.313 e. The zero-order valence-corrected chi connectivity index (χ0v) is 8.82. The van der Waals surface area contributed by atoms with E-state index in [1.165, 1.54) is 0 Å². The highest BCUT2D eigenvalue weighted by atomic mass is 32.2. The second-order valence-electron chi connectivity index (χ2n) is 2.41. The van der Waals surface area contributed by atoms with E-state index >= 15 is 0 Å². The number of carboxylic acids is 1. The Labute approximate surface area is 87.4 Å². The van der Waals surface area contributed by atoms with Gasteiger partial charge in [0.15, 0.2) is 0 Å². The van der Waals surface area contributed by atoms with Crippen LogP contribution < -0.4 is 5.32 Å². The first kappa shape index (κ1) is 12.8. The average Bonchev–Trinajstić information content (AvgIpc) is 2.12. The molecule has 0 aromatic rings. The number of thioether (sulfide) groups is 1. The molecule has 0 saturated heterocycles. The topological polar surface area (TPSA) is 66.4 Å². The number of carbonyl (C=O) groups excluding carboxylic acids is 1. The van der Waals surface area contributed by atoms with Gasteiger partial charge in [0.2, 0.25) is 5.91 Å². The maximum atomic E-state index is 11.0. The van der Waals surface area contributed by atoms with Crippen molar-refractivity contribution in [2.45, 2.75) is 13.3 Å². The van der Waals surface area contributed by atoms with Crippen LogP contribution in [0.2, 0.25) is 0 Å². The van der Waals surface area contributed by atoms with Crippen molar-refractivity contribution >= 4 is 23.6 Å². The number of hydrogen-bond donors (Lipinski definition) is 2. The van der Waals surface area contributed by atoms with E-state index in [0.717, 1.165) is 11.8 Å². The lowest BCUT2D eigenvalue weighted by Crippen LogP contribution is -2.26. The number of rotatable bonds is 6. The SMILES string of the molecule is CC#CCCNC(=O)CSCC(=O)O. The molecule has 0 aliphatic carbocycles. The predicted octanol–water partition coefficient (Wildman–Crippen LogP) is 0.334. The van der Waals surface area contributed by atoms with Gasteiger partial charge in [0, 0.05) is 13.0 Å². The molecule has 0 atom stereocenters. The summed E-state index contributed by atoms with van der Waals surface area (Å²) in [5.74, 6) is 4.63. The highest BCUT2D eigenvalue weighted by molar-refractivity contribution is 8.00. The second kappa shape index (κ2) is 8.45. The summed E-state index contributed by atoms with van der Waals surface area (Å²) in [6, 6.07) is 0. The van der Waals surface area contributed by atoms with Gasteiger partial charge < -0.3 is 10.4 Å². The van der Waals surface area contributed by atoms with Crippen LogP contribution >= 0.6 is 11.8 Å². The minimum absolute atomic E-state index is 0.0395. The van der Waals surface area contributed by atoms with Crippen molar-refractivity contribution in [3.05, 3.63) is 0 Å². The minimum atomic E-state index is -0.903. The number of aliphatic carboxylic acids is 1. The lowest BCUT2D eigenvalue weighted by atomic mass is 10.4. The normalized spacial score (nSPS) is 8.64. The van der Waals surface area contributed by atoms with Gasteiger partial charge in [0.1, 0.15) is 0 Å². The zero-order valence-electron chi connectivity index (χ0n) is 8.00. The lowest BCUT2D eigenvalue weighted by molar-refractivity contribution is -0.133. The van der Waals surface area contributed by atoms with Crippen LogP contribution in [0.3, 0.4) is 0 Å². The Hall–Kier alpha value is -1.15. The van der Waals surface area contributed by atoms with E-state index in [-0.39, 0.29) is 17.4 Å². The molecule has 0 saturated carbocycles. The molecule has 0 aliphatic rings. The van der Waals surface area contributed by atoms with Crippen molar-refractivity contribution in [1.82, 2.24) is 5.32 Å². The molecule has 0 spiro atoms. The van der Waals surface area contributed by atoms with Crippen molar-refractivity contribution < 1.29 is 14.7 Å². The Bertz CT molecular complexity index is 255. The van der Waals surface area contributed by atoms with Crippen LogP contribution in [0, 0.1) is 11.8 Å². The molecule has 5 heteroatoms. The first-order valence-corrected chi connectivity index (χ1v) is 5.28. The largest absolute Gasteiger partial charge is 0.481 e. The summed E-state index contributed by atoms with van der Waals surface area (Å²) >= 11 is 1.09. The molecular formula is C9H13NO3S. The fourth-order valence-electron chi connectivity index (χ4n) is 0.671. The van der Waals surface area contributed by atoms with E-state index in [1.54, 1.807) is 6.92 Å². The zero-order chi connectivity index (χ0) is 10.8. The van der Waals surface area contributed by atoms with Gasteiger partial charge in [-0.15, -0.1) is 23.6 Å². The van der Waals surface area contributed by atoms with Crippen molar-refractivity contribution in [1.29, 1.82) is 0 Å². The third kappa shape index (κ3) is 8.94. The highest BCUT2D eigenvalue weighted by Crippen LogP contribution is 1.97. The quantitative estimate of drug-likeness (QED) is 0.495. The summed E-state index contributed by atoms with van der Waals surface area (Å²) < 4.78 is 0. The van der Waals surface area contributed by atoms with E-state index in [0.29, 0.717) is 13.0 Å². The fourth-order valence-corrected chi connectivity index (χ4v) is 1.24. The smallest absolute Gasteiger partial charge is 0.313 e. The van der Waals surface area contributed by atoms with Gasteiger partial charge in [0.05, 0.1) is 11.5 Å². The van der Waals surface area contributed by atoms with Crippen LogP contribution in [0.15, 0.2) is 0 Å². The molecule has 0 aromatic heterocycles. The molecule has 0 rings (SSSR count). The van der Waals surface area contributed by atoms with Gasteiger partial charge in [-0.2, -0.15) is 0 Å². The van der Waals surface area contributed by atoms with E-state index < -0.39 is 5.97 Å². The van der Waals surface area contributed by atoms with Gasteiger partial charge in [-0.3, -0.25) is 9.59 Å². The number of carbonyl (C=O) groups is 2. The van der Waals surface area contributed by atoms with Gasteiger partial charge in [-0.25, -0.2) is 0 Å². The van der Waals surface area contributed by atoms with E-state index in [1.807, 2.05) is 0 Å². The van der Waals surface area contributed by atoms with Crippen molar-refractivity contribution in [3.63, 3.8) is 0 Å². The van der Waals surface area contributed by atoms with Gasteiger partial charge in [0.25, 0.3) is 0 Å². The molecule has 0 aliphatic heterocycles. The van der Waals surface area contributed by atoms with Crippen LogP contribution in [0.5, 0.6) is 0 Å². The van der Waals surface area contributed by atoms with Crippen LogP contribution in [-0.2, 0) is 9.59 Å². The Kier molecular flexibility index (Phi) is 7.75. The predicted molar refractivity (Wildman–Crippen MR) is 56.0 cm³/mol. The van der Waals surface area contributed by atoms with Crippen LogP contribution in [0.4, 0.5) is 0 Å². The summed E-state index contributed by atoms with van der Waals surface area (Å²) in [6.45, 7) is 2.26. The molecular weight excluding hydrogens is 202 g/mol. The Morgan fingerprint density at radius 3 is 2.71 bits per heavy atom. The van der Waals surface area contributed by atoms with Gasteiger partial charge in [-0.1, -0.05) is 0 Å². The molecule has 78 valence electrons. The van der Waals surface area contributed by atoms with Gasteiger partial charge >= 0.3 is 5.97 Å². The number of nitrogens with one attached hydrogen (secondary N) is 1. The first-order chi connectivity index (χ1) is 6.66. The molecule has 0 heterocycles. The molecule has 0 fully saturated rings. The van der Waals surface area contributed by atoms with Crippen LogP contribution in [0.25, 0.3) is 0 Å². The molecule has 0 aromatic carbocycles. The van der Waals surface area contributed by atoms with Crippen LogP contribution in [-0.4, -0.2) is 35.0 Å². The van der Waals surface area contributed by atoms with E-state index in [9.17, 15) is 9.59 Å². The van der Waals surface area contributed by atoms with Crippen molar-refractivity contribution in [2.75, 3.05) is 18.1 Å². The van der Waals surface area contributed by atoms with Gasteiger partial charge in [-0.05, 0) is 6.92 Å². The Balaban J connectivity index is 3.35. The molecule has 1 amide bonds.